The normalized spacial score (nSPS) is 15.7. The van der Waals surface area contributed by atoms with Crippen LogP contribution in [0.3, 0.4) is 0 Å². The summed E-state index contributed by atoms with van der Waals surface area (Å²) in [6.07, 6.45) is 0. The fraction of sp³-hybridized carbons (Fsp3) is 0.154. The molecule has 0 radical (unpaired) electrons. The highest BCUT2D eigenvalue weighted by atomic mass is 32.2. The average molecular weight is 321 g/mol. The van der Waals surface area contributed by atoms with E-state index in [-0.39, 0.29) is 16.3 Å². The maximum absolute atomic E-state index is 12.3. The number of carbonyl (C=O) groups is 2. The van der Waals surface area contributed by atoms with Gasteiger partial charge in [-0.3, -0.25) is 14.9 Å². The Labute approximate surface area is 125 Å². The van der Waals surface area contributed by atoms with Gasteiger partial charge in [0.15, 0.2) is 0 Å². The molecule has 0 spiro atoms. The van der Waals surface area contributed by atoms with Gasteiger partial charge < -0.3 is 4.52 Å². The summed E-state index contributed by atoms with van der Waals surface area (Å²) in [5.74, 6) is -1.33. The third kappa shape index (κ3) is 2.25. The first-order valence-electron chi connectivity index (χ1n) is 6.29. The van der Waals surface area contributed by atoms with Crippen LogP contribution in [0.25, 0.3) is 0 Å². The Balaban J connectivity index is 1.82. The summed E-state index contributed by atoms with van der Waals surface area (Å²) < 4.78 is 29.9. The molecule has 9 heteroatoms. The van der Waals surface area contributed by atoms with E-state index in [1.165, 1.54) is 24.3 Å². The van der Waals surface area contributed by atoms with Gasteiger partial charge in [0.05, 0.1) is 11.3 Å². The van der Waals surface area contributed by atoms with E-state index in [2.05, 4.69) is 10.5 Å². The van der Waals surface area contributed by atoms with Crippen LogP contribution in [0, 0.1) is 6.92 Å². The van der Waals surface area contributed by atoms with Crippen molar-refractivity contribution in [3.8, 4) is 0 Å². The summed E-state index contributed by atoms with van der Waals surface area (Å²) in [7, 11) is -4.00. The number of aryl methyl sites for hydroxylation is 1. The van der Waals surface area contributed by atoms with E-state index in [9.17, 15) is 18.0 Å². The third-order valence-electron chi connectivity index (χ3n) is 3.09. The van der Waals surface area contributed by atoms with E-state index >= 15 is 0 Å². The molecule has 8 nitrogen and oxygen atoms in total. The first-order valence-corrected chi connectivity index (χ1v) is 7.73. The van der Waals surface area contributed by atoms with Crippen molar-refractivity contribution in [1.29, 1.82) is 0 Å². The van der Waals surface area contributed by atoms with Crippen LogP contribution in [0.5, 0.6) is 0 Å². The summed E-state index contributed by atoms with van der Waals surface area (Å²) in [6, 6.07) is 7.30. The first kappa shape index (κ1) is 14.3. The standard InChI is InChI=1S/C13H11N3O5S/c1-8-6-12(21-15-8)14-11(17)7-16-13(18)9-4-2-3-5-10(9)22(16,19)20/h2-6H,7H2,1H3,(H,14,17). The maximum Gasteiger partial charge on any atom is 0.269 e. The zero-order chi connectivity index (χ0) is 15.9. The minimum atomic E-state index is -4.00. The van der Waals surface area contributed by atoms with Gasteiger partial charge in [-0.25, -0.2) is 12.7 Å². The van der Waals surface area contributed by atoms with Crippen LogP contribution in [-0.2, 0) is 14.8 Å². The number of hydrogen-bond donors (Lipinski definition) is 1. The fourth-order valence-electron chi connectivity index (χ4n) is 2.12. The van der Waals surface area contributed by atoms with Gasteiger partial charge >= 0.3 is 0 Å². The Kier molecular flexibility index (Phi) is 3.21. The molecule has 0 fully saturated rings. The topological polar surface area (TPSA) is 110 Å². The average Bonchev–Trinajstić information content (AvgIpc) is 2.95. The first-order chi connectivity index (χ1) is 10.4. The monoisotopic (exact) mass is 321 g/mol. The molecule has 22 heavy (non-hydrogen) atoms. The van der Waals surface area contributed by atoms with Gasteiger partial charge in [0.2, 0.25) is 11.8 Å². The molecule has 0 saturated heterocycles. The lowest BCUT2D eigenvalue weighted by Crippen LogP contribution is -2.37. The Bertz CT molecular complexity index is 871. The Morgan fingerprint density at radius 2 is 2.09 bits per heavy atom. The molecule has 114 valence electrons. The predicted octanol–water partition coefficient (Wildman–Crippen LogP) is 0.766. The van der Waals surface area contributed by atoms with Crippen LogP contribution in [0.1, 0.15) is 16.1 Å². The second-order valence-electron chi connectivity index (χ2n) is 4.69. The van der Waals surface area contributed by atoms with Crippen molar-refractivity contribution >= 4 is 27.7 Å². The smallest absolute Gasteiger partial charge is 0.269 e. The van der Waals surface area contributed by atoms with E-state index in [4.69, 9.17) is 4.52 Å². The van der Waals surface area contributed by atoms with Gasteiger partial charge in [0, 0.05) is 6.07 Å². The summed E-state index contributed by atoms with van der Waals surface area (Å²) >= 11 is 0. The largest absolute Gasteiger partial charge is 0.338 e. The second kappa shape index (κ2) is 4.95. The molecule has 3 rings (SSSR count). The van der Waals surface area contributed by atoms with Crippen molar-refractivity contribution in [3.05, 3.63) is 41.6 Å². The molecule has 0 bridgehead atoms. The van der Waals surface area contributed by atoms with Gasteiger partial charge in [-0.15, -0.1) is 0 Å². The van der Waals surface area contributed by atoms with Crippen LogP contribution in [0.15, 0.2) is 39.8 Å². The van der Waals surface area contributed by atoms with Crippen LogP contribution >= 0.6 is 0 Å². The number of amides is 2. The summed E-state index contributed by atoms with van der Waals surface area (Å²) in [6.45, 7) is 1.04. The number of benzene rings is 1. The maximum atomic E-state index is 12.3. The molecule has 1 aliphatic heterocycles. The molecule has 2 heterocycles. The van der Waals surface area contributed by atoms with Crippen molar-refractivity contribution in [2.24, 2.45) is 0 Å². The van der Waals surface area contributed by atoms with E-state index in [0.717, 1.165) is 0 Å². The van der Waals surface area contributed by atoms with Crippen LogP contribution < -0.4 is 5.32 Å². The van der Waals surface area contributed by atoms with Gasteiger partial charge in [-0.1, -0.05) is 17.3 Å². The number of rotatable bonds is 3. The van der Waals surface area contributed by atoms with E-state index in [1.54, 1.807) is 13.0 Å². The lowest BCUT2D eigenvalue weighted by molar-refractivity contribution is -0.116. The molecule has 0 aliphatic carbocycles. The fourth-order valence-corrected chi connectivity index (χ4v) is 3.64. The van der Waals surface area contributed by atoms with Crippen molar-refractivity contribution < 1.29 is 22.5 Å². The number of nitrogens with one attached hydrogen (secondary N) is 1. The Morgan fingerprint density at radius 3 is 2.73 bits per heavy atom. The number of anilines is 1. The molecule has 1 N–H and O–H groups in total. The number of nitrogens with zero attached hydrogens (tertiary/aromatic N) is 2. The molecule has 0 saturated carbocycles. The van der Waals surface area contributed by atoms with Gasteiger partial charge in [0.1, 0.15) is 11.4 Å². The van der Waals surface area contributed by atoms with Crippen molar-refractivity contribution in [2.75, 3.05) is 11.9 Å². The molecular formula is C13H11N3O5S. The Hall–Kier alpha value is -2.68. The summed E-state index contributed by atoms with van der Waals surface area (Å²) in [4.78, 5) is 23.9. The number of aromatic nitrogens is 1. The molecular weight excluding hydrogens is 310 g/mol. The number of fused-ring (bicyclic) bond motifs is 1. The van der Waals surface area contributed by atoms with Crippen LogP contribution in [0.2, 0.25) is 0 Å². The zero-order valence-electron chi connectivity index (χ0n) is 11.4. The summed E-state index contributed by atoms with van der Waals surface area (Å²) in [5.41, 5.74) is 0.624. The van der Waals surface area contributed by atoms with Crippen LogP contribution in [0.4, 0.5) is 5.88 Å². The SMILES string of the molecule is Cc1cc(NC(=O)CN2C(=O)c3ccccc3S2(=O)=O)on1. The molecule has 2 aromatic rings. The van der Waals surface area contributed by atoms with Crippen molar-refractivity contribution in [3.63, 3.8) is 0 Å². The highest BCUT2D eigenvalue weighted by Crippen LogP contribution is 2.29. The predicted molar refractivity (Wildman–Crippen MR) is 74.5 cm³/mol. The Morgan fingerprint density at radius 1 is 1.36 bits per heavy atom. The molecule has 1 aliphatic rings. The third-order valence-corrected chi connectivity index (χ3v) is 4.88. The minimum Gasteiger partial charge on any atom is -0.338 e. The molecule has 0 atom stereocenters. The highest BCUT2D eigenvalue weighted by Gasteiger charge is 2.41. The molecule has 2 amide bonds. The van der Waals surface area contributed by atoms with Crippen molar-refractivity contribution in [2.45, 2.75) is 11.8 Å². The summed E-state index contributed by atoms with van der Waals surface area (Å²) in [5, 5.41) is 5.94. The van der Waals surface area contributed by atoms with Gasteiger partial charge in [-0.05, 0) is 19.1 Å². The van der Waals surface area contributed by atoms with E-state index < -0.39 is 28.4 Å². The van der Waals surface area contributed by atoms with E-state index in [0.29, 0.717) is 10.00 Å². The lowest BCUT2D eigenvalue weighted by Gasteiger charge is -2.13. The zero-order valence-corrected chi connectivity index (χ0v) is 12.3. The highest BCUT2D eigenvalue weighted by molar-refractivity contribution is 7.90. The van der Waals surface area contributed by atoms with Gasteiger partial charge in [0.25, 0.3) is 15.9 Å². The molecule has 0 unspecified atom stereocenters. The number of sulfonamides is 1. The van der Waals surface area contributed by atoms with Crippen LogP contribution in [-0.4, -0.2) is 36.2 Å². The van der Waals surface area contributed by atoms with Gasteiger partial charge in [-0.2, -0.15) is 0 Å². The lowest BCUT2D eigenvalue weighted by atomic mass is 10.2. The van der Waals surface area contributed by atoms with E-state index in [1.807, 2.05) is 0 Å². The minimum absolute atomic E-state index is 0.0609. The quantitative estimate of drug-likeness (QED) is 0.894. The second-order valence-corrected chi connectivity index (χ2v) is 6.52. The number of carbonyl (C=O) groups excluding carboxylic acids is 2. The van der Waals surface area contributed by atoms with Crippen molar-refractivity contribution in [1.82, 2.24) is 9.46 Å². The molecule has 1 aromatic heterocycles. The molecule has 1 aromatic carbocycles. The number of hydrogen-bond acceptors (Lipinski definition) is 6.